The number of halogens is 13. The summed E-state index contributed by atoms with van der Waals surface area (Å²) in [5.41, 5.74) is -3.82. The van der Waals surface area contributed by atoms with Crippen molar-refractivity contribution in [3.05, 3.63) is 29.8 Å². The Morgan fingerprint density at radius 3 is 1.70 bits per heavy atom. The van der Waals surface area contributed by atoms with Crippen LogP contribution in [0.15, 0.2) is 24.3 Å². The average Bonchev–Trinajstić information content (AvgIpc) is 2.64. The molecule has 0 aliphatic rings. The SMILES string of the molecule is CCCOc1cccc(C(C)(O)CC(F)(F)C(F)(F)C(F)(F)C(F)(F)C(F)(F)C(F)(F)F)c1. The summed E-state index contributed by atoms with van der Waals surface area (Å²) in [6, 6.07) is 3.97. The Bertz CT molecular complexity index is 816. The highest BCUT2D eigenvalue weighted by Gasteiger charge is 2.90. The molecule has 0 aliphatic carbocycles. The predicted octanol–water partition coefficient (Wildman–Crippen LogP) is 6.81. The van der Waals surface area contributed by atoms with Gasteiger partial charge in [-0.25, -0.2) is 0 Å². The second-order valence-electron chi connectivity index (χ2n) is 7.33. The molecular formula is C18H17F13O2. The molecule has 0 heterocycles. The molecule has 0 saturated heterocycles. The minimum Gasteiger partial charge on any atom is -0.494 e. The molecule has 1 unspecified atom stereocenters. The lowest BCUT2D eigenvalue weighted by atomic mass is 9.84. The number of hydrogen-bond acceptors (Lipinski definition) is 2. The van der Waals surface area contributed by atoms with Crippen molar-refractivity contribution in [2.75, 3.05) is 6.61 Å². The van der Waals surface area contributed by atoms with Gasteiger partial charge < -0.3 is 9.84 Å². The summed E-state index contributed by atoms with van der Waals surface area (Å²) in [7, 11) is 0. The van der Waals surface area contributed by atoms with Gasteiger partial charge in [0, 0.05) is 0 Å². The zero-order valence-electron chi connectivity index (χ0n) is 16.7. The lowest BCUT2D eigenvalue weighted by Crippen LogP contribution is -2.70. The van der Waals surface area contributed by atoms with Crippen molar-refractivity contribution in [3.8, 4) is 5.75 Å². The molecule has 0 fully saturated rings. The smallest absolute Gasteiger partial charge is 0.460 e. The number of hydrogen-bond donors (Lipinski definition) is 1. The number of alkyl halides is 13. The molecule has 1 aromatic rings. The Balaban J connectivity index is 3.40. The molecule has 15 heteroatoms. The topological polar surface area (TPSA) is 29.5 Å². The molecule has 0 bridgehead atoms. The first kappa shape index (κ1) is 29.1. The third-order valence-electron chi connectivity index (χ3n) is 4.49. The van der Waals surface area contributed by atoms with Gasteiger partial charge in [0.15, 0.2) is 0 Å². The van der Waals surface area contributed by atoms with Crippen molar-refractivity contribution < 1.29 is 66.9 Å². The first-order valence-electron chi connectivity index (χ1n) is 8.91. The molecule has 0 saturated carbocycles. The molecule has 0 radical (unpaired) electrons. The third kappa shape index (κ3) is 4.97. The summed E-state index contributed by atoms with van der Waals surface area (Å²) in [5, 5.41) is 10.2. The zero-order chi connectivity index (χ0) is 26.3. The van der Waals surface area contributed by atoms with Gasteiger partial charge in [-0.2, -0.15) is 57.1 Å². The van der Waals surface area contributed by atoms with Crippen molar-refractivity contribution >= 4 is 0 Å². The summed E-state index contributed by atoms with van der Waals surface area (Å²) in [6.07, 6.45) is -9.78. The van der Waals surface area contributed by atoms with Gasteiger partial charge in [0.2, 0.25) is 0 Å². The standard InChI is InChI=1S/C18H17F13O2/c1-3-7-33-11-6-4-5-10(8-11)12(2,32)9-13(19,20)14(21,22)15(23,24)16(25,26)17(27,28)18(29,30)31/h4-6,8,32H,3,7,9H2,1-2H3. The van der Waals surface area contributed by atoms with Gasteiger partial charge in [0.1, 0.15) is 5.75 Å². The van der Waals surface area contributed by atoms with E-state index < -0.39 is 53.4 Å². The van der Waals surface area contributed by atoms with E-state index in [0.717, 1.165) is 18.2 Å². The first-order chi connectivity index (χ1) is 14.5. The van der Waals surface area contributed by atoms with Crippen LogP contribution in [0.3, 0.4) is 0 Å². The van der Waals surface area contributed by atoms with E-state index in [1.807, 2.05) is 0 Å². The van der Waals surface area contributed by atoms with Crippen LogP contribution in [-0.4, -0.2) is 47.5 Å². The highest BCUT2D eigenvalue weighted by Crippen LogP contribution is 2.61. The maximum absolute atomic E-state index is 14.1. The van der Waals surface area contributed by atoms with Crippen molar-refractivity contribution in [2.45, 2.75) is 68.1 Å². The van der Waals surface area contributed by atoms with Crippen molar-refractivity contribution in [1.29, 1.82) is 0 Å². The van der Waals surface area contributed by atoms with Crippen LogP contribution in [0.2, 0.25) is 0 Å². The highest BCUT2D eigenvalue weighted by molar-refractivity contribution is 5.32. The van der Waals surface area contributed by atoms with E-state index in [0.29, 0.717) is 13.3 Å². The fraction of sp³-hybridized carbons (Fsp3) is 0.667. The van der Waals surface area contributed by atoms with Crippen LogP contribution in [0, 0.1) is 0 Å². The molecule has 0 spiro atoms. The molecule has 2 nitrogen and oxygen atoms in total. The molecule has 0 amide bonds. The molecule has 33 heavy (non-hydrogen) atoms. The van der Waals surface area contributed by atoms with Gasteiger partial charge in [-0.05, 0) is 31.0 Å². The van der Waals surface area contributed by atoms with Crippen LogP contribution in [0.25, 0.3) is 0 Å². The minimum absolute atomic E-state index is 0.0779. The van der Waals surface area contributed by atoms with Crippen molar-refractivity contribution in [2.24, 2.45) is 0 Å². The molecule has 0 aliphatic heterocycles. The van der Waals surface area contributed by atoms with E-state index in [1.54, 1.807) is 6.92 Å². The van der Waals surface area contributed by atoms with E-state index in [1.165, 1.54) is 6.07 Å². The van der Waals surface area contributed by atoms with Crippen LogP contribution in [0.4, 0.5) is 57.1 Å². The number of rotatable bonds is 10. The number of ether oxygens (including phenoxy) is 1. The van der Waals surface area contributed by atoms with Crippen LogP contribution in [0.1, 0.15) is 32.3 Å². The van der Waals surface area contributed by atoms with Gasteiger partial charge in [-0.3, -0.25) is 0 Å². The average molecular weight is 512 g/mol. The van der Waals surface area contributed by atoms with Crippen LogP contribution in [-0.2, 0) is 5.60 Å². The van der Waals surface area contributed by atoms with Crippen LogP contribution in [0.5, 0.6) is 5.75 Å². The summed E-state index contributed by atoms with van der Waals surface area (Å²) >= 11 is 0. The number of aliphatic hydroxyl groups is 1. The highest BCUT2D eigenvalue weighted by atomic mass is 19.4. The summed E-state index contributed by atoms with van der Waals surface area (Å²) in [6.45, 7) is 2.13. The largest absolute Gasteiger partial charge is 0.494 e. The summed E-state index contributed by atoms with van der Waals surface area (Å²) in [5.74, 6) is -37.6. The quantitative estimate of drug-likeness (QED) is 0.349. The maximum atomic E-state index is 14.1. The summed E-state index contributed by atoms with van der Waals surface area (Å²) in [4.78, 5) is 0. The second-order valence-corrected chi connectivity index (χ2v) is 7.33. The molecule has 1 atom stereocenters. The Hall–Kier alpha value is -1.93. The van der Waals surface area contributed by atoms with Gasteiger partial charge in [-0.1, -0.05) is 19.1 Å². The van der Waals surface area contributed by atoms with Crippen LogP contribution < -0.4 is 4.74 Å². The van der Waals surface area contributed by atoms with E-state index in [9.17, 15) is 62.2 Å². The minimum atomic E-state index is -7.98. The Morgan fingerprint density at radius 1 is 0.758 bits per heavy atom. The fourth-order valence-corrected chi connectivity index (χ4v) is 2.59. The van der Waals surface area contributed by atoms with E-state index in [2.05, 4.69) is 0 Å². The fourth-order valence-electron chi connectivity index (χ4n) is 2.59. The van der Waals surface area contributed by atoms with Gasteiger partial charge >= 0.3 is 35.8 Å². The van der Waals surface area contributed by atoms with Crippen molar-refractivity contribution in [1.82, 2.24) is 0 Å². The predicted molar refractivity (Wildman–Crippen MR) is 87.2 cm³/mol. The Kier molecular flexibility index (Phi) is 7.67. The third-order valence-corrected chi connectivity index (χ3v) is 4.49. The monoisotopic (exact) mass is 512 g/mol. The summed E-state index contributed by atoms with van der Waals surface area (Å²) < 4.78 is 177. The lowest BCUT2D eigenvalue weighted by Gasteiger charge is -2.41. The van der Waals surface area contributed by atoms with E-state index >= 15 is 0 Å². The normalized spacial score (nSPS) is 16.5. The van der Waals surface area contributed by atoms with Crippen molar-refractivity contribution in [3.63, 3.8) is 0 Å². The van der Waals surface area contributed by atoms with Crippen LogP contribution >= 0.6 is 0 Å². The van der Waals surface area contributed by atoms with E-state index in [4.69, 9.17) is 4.74 Å². The Labute approximate surface area is 178 Å². The molecule has 1 N–H and O–H groups in total. The first-order valence-corrected chi connectivity index (χ1v) is 8.91. The zero-order valence-corrected chi connectivity index (χ0v) is 16.7. The molecule has 1 rings (SSSR count). The van der Waals surface area contributed by atoms with Gasteiger partial charge in [0.25, 0.3) is 0 Å². The second kappa shape index (κ2) is 8.69. The van der Waals surface area contributed by atoms with E-state index in [-0.39, 0.29) is 12.4 Å². The number of benzene rings is 1. The Morgan fingerprint density at radius 2 is 1.24 bits per heavy atom. The molecular weight excluding hydrogens is 495 g/mol. The molecule has 0 aromatic heterocycles. The maximum Gasteiger partial charge on any atom is 0.460 e. The molecule has 1 aromatic carbocycles. The molecule has 192 valence electrons. The van der Waals surface area contributed by atoms with Gasteiger partial charge in [-0.15, -0.1) is 0 Å². The van der Waals surface area contributed by atoms with Gasteiger partial charge in [0.05, 0.1) is 18.6 Å². The lowest BCUT2D eigenvalue weighted by molar-refractivity contribution is -0.441.